The number of nitrogens with one attached hydrogen (secondary N) is 1. The van der Waals surface area contributed by atoms with Crippen LogP contribution >= 0.6 is 0 Å². The summed E-state index contributed by atoms with van der Waals surface area (Å²) in [5.74, 6) is -0.268. The van der Waals surface area contributed by atoms with Crippen LogP contribution in [0, 0.1) is 0 Å². The van der Waals surface area contributed by atoms with Gasteiger partial charge in [-0.2, -0.15) is 0 Å². The molecular formula is C20H25N3O2. The molecule has 1 saturated heterocycles. The number of piperidine rings is 1. The Kier molecular flexibility index (Phi) is 5.34. The highest BCUT2D eigenvalue weighted by Crippen LogP contribution is 2.20. The molecule has 1 aromatic carbocycles. The molecule has 1 fully saturated rings. The summed E-state index contributed by atoms with van der Waals surface area (Å²) in [6.07, 6.45) is 5.46. The van der Waals surface area contributed by atoms with E-state index in [-0.39, 0.29) is 11.5 Å². The van der Waals surface area contributed by atoms with Crippen LogP contribution in [0.4, 0.5) is 5.69 Å². The van der Waals surface area contributed by atoms with Gasteiger partial charge in [-0.3, -0.25) is 14.5 Å². The molecule has 0 saturated carbocycles. The van der Waals surface area contributed by atoms with Crippen molar-refractivity contribution in [2.45, 2.75) is 38.8 Å². The second kappa shape index (κ2) is 7.66. The zero-order valence-electron chi connectivity index (χ0n) is 14.9. The number of aromatic nitrogens is 1. The normalized spacial score (nSPS) is 18.1. The van der Waals surface area contributed by atoms with Gasteiger partial charge in [0.25, 0.3) is 11.5 Å². The Morgan fingerprint density at radius 1 is 1.20 bits per heavy atom. The summed E-state index contributed by atoms with van der Waals surface area (Å²) in [5, 5.41) is 2.84. The van der Waals surface area contributed by atoms with E-state index >= 15 is 0 Å². The number of nitrogens with zero attached hydrogens (tertiary/aromatic N) is 2. The largest absolute Gasteiger partial charge is 0.322 e. The molecule has 0 bridgehead atoms. The second-order valence-corrected chi connectivity index (χ2v) is 6.83. The summed E-state index contributed by atoms with van der Waals surface area (Å²) < 4.78 is 1.44. The van der Waals surface area contributed by atoms with Crippen molar-refractivity contribution in [1.82, 2.24) is 9.47 Å². The number of hydrogen-bond acceptors (Lipinski definition) is 3. The standard InChI is InChI=1S/C20H25N3O2/c1-15-5-3-4-11-23(15)14-16-6-8-18(9-7-16)21-20(25)17-10-12-22(2)19(24)13-17/h6-10,12-13,15H,3-5,11,14H2,1-2H3,(H,21,25). The molecule has 1 N–H and O–H groups in total. The van der Waals surface area contributed by atoms with E-state index in [0.29, 0.717) is 11.6 Å². The SMILES string of the molecule is CC1CCCCN1Cc1ccc(NC(=O)c2ccn(C)c(=O)c2)cc1. The molecule has 132 valence electrons. The number of rotatable bonds is 4. The topological polar surface area (TPSA) is 54.3 Å². The number of aryl methyl sites for hydroxylation is 1. The van der Waals surface area contributed by atoms with E-state index in [1.54, 1.807) is 19.3 Å². The molecule has 1 unspecified atom stereocenters. The lowest BCUT2D eigenvalue weighted by Gasteiger charge is -2.33. The zero-order valence-corrected chi connectivity index (χ0v) is 14.9. The summed E-state index contributed by atoms with van der Waals surface area (Å²) in [4.78, 5) is 26.4. The summed E-state index contributed by atoms with van der Waals surface area (Å²) >= 11 is 0. The number of carbonyl (C=O) groups is 1. The first kappa shape index (κ1) is 17.4. The highest BCUT2D eigenvalue weighted by atomic mass is 16.2. The highest BCUT2D eigenvalue weighted by molar-refractivity contribution is 6.04. The van der Waals surface area contributed by atoms with E-state index in [2.05, 4.69) is 29.3 Å². The van der Waals surface area contributed by atoms with Crippen molar-refractivity contribution in [3.8, 4) is 0 Å². The summed E-state index contributed by atoms with van der Waals surface area (Å²) in [6, 6.07) is 11.6. The van der Waals surface area contributed by atoms with E-state index < -0.39 is 0 Å². The van der Waals surface area contributed by atoms with Crippen LogP contribution in [0.1, 0.15) is 42.1 Å². The molecule has 3 rings (SSSR count). The number of hydrogen-bond donors (Lipinski definition) is 1. The molecule has 1 amide bonds. The Morgan fingerprint density at radius 2 is 1.96 bits per heavy atom. The quantitative estimate of drug-likeness (QED) is 0.932. The molecule has 0 radical (unpaired) electrons. The summed E-state index contributed by atoms with van der Waals surface area (Å²) in [6.45, 7) is 4.39. The fraction of sp³-hybridized carbons (Fsp3) is 0.400. The molecule has 25 heavy (non-hydrogen) atoms. The van der Waals surface area contributed by atoms with Crippen molar-refractivity contribution in [1.29, 1.82) is 0 Å². The lowest BCUT2D eigenvalue weighted by atomic mass is 10.0. The maximum atomic E-state index is 12.3. The van der Waals surface area contributed by atoms with Gasteiger partial charge in [0.05, 0.1) is 0 Å². The Labute approximate surface area is 148 Å². The molecule has 2 heterocycles. The van der Waals surface area contributed by atoms with Crippen molar-refractivity contribution in [3.05, 3.63) is 64.1 Å². The van der Waals surface area contributed by atoms with Gasteiger partial charge in [-0.1, -0.05) is 18.6 Å². The van der Waals surface area contributed by atoms with Crippen LogP contribution in [0.3, 0.4) is 0 Å². The monoisotopic (exact) mass is 339 g/mol. The van der Waals surface area contributed by atoms with Gasteiger partial charge in [-0.05, 0) is 50.1 Å². The van der Waals surface area contributed by atoms with Gasteiger partial charge in [0.1, 0.15) is 0 Å². The molecular weight excluding hydrogens is 314 g/mol. The van der Waals surface area contributed by atoms with Crippen LogP contribution in [0.15, 0.2) is 47.4 Å². The molecule has 0 spiro atoms. The van der Waals surface area contributed by atoms with Crippen LogP contribution in [0.25, 0.3) is 0 Å². The van der Waals surface area contributed by atoms with E-state index in [0.717, 1.165) is 18.8 Å². The number of anilines is 1. The van der Waals surface area contributed by atoms with Crippen LogP contribution in [-0.2, 0) is 13.6 Å². The number of carbonyl (C=O) groups excluding carboxylic acids is 1. The van der Waals surface area contributed by atoms with Crippen molar-refractivity contribution in [2.75, 3.05) is 11.9 Å². The van der Waals surface area contributed by atoms with Crippen LogP contribution in [0.2, 0.25) is 0 Å². The molecule has 0 aliphatic carbocycles. The average molecular weight is 339 g/mol. The predicted molar refractivity (Wildman–Crippen MR) is 99.8 cm³/mol. The lowest BCUT2D eigenvalue weighted by Crippen LogP contribution is -2.36. The van der Waals surface area contributed by atoms with E-state index in [1.165, 1.54) is 35.5 Å². The Balaban J connectivity index is 1.63. The van der Waals surface area contributed by atoms with Gasteiger partial charge in [0.15, 0.2) is 0 Å². The van der Waals surface area contributed by atoms with Gasteiger partial charge >= 0.3 is 0 Å². The Hall–Kier alpha value is -2.40. The minimum Gasteiger partial charge on any atom is -0.322 e. The third-order valence-corrected chi connectivity index (χ3v) is 4.90. The smallest absolute Gasteiger partial charge is 0.255 e. The van der Waals surface area contributed by atoms with Crippen LogP contribution in [-0.4, -0.2) is 28.0 Å². The fourth-order valence-corrected chi connectivity index (χ4v) is 3.21. The minimum absolute atomic E-state index is 0.196. The highest BCUT2D eigenvalue weighted by Gasteiger charge is 2.18. The summed E-state index contributed by atoms with van der Waals surface area (Å²) in [7, 11) is 1.66. The predicted octanol–water partition coefficient (Wildman–Crippen LogP) is 3.01. The maximum Gasteiger partial charge on any atom is 0.255 e. The van der Waals surface area contributed by atoms with Gasteiger partial charge in [-0.15, -0.1) is 0 Å². The number of pyridine rings is 1. The van der Waals surface area contributed by atoms with Crippen molar-refractivity contribution in [2.24, 2.45) is 7.05 Å². The third kappa shape index (κ3) is 4.37. The van der Waals surface area contributed by atoms with Gasteiger partial charge < -0.3 is 9.88 Å². The number of benzene rings is 1. The molecule has 5 nitrogen and oxygen atoms in total. The van der Waals surface area contributed by atoms with E-state index in [9.17, 15) is 9.59 Å². The van der Waals surface area contributed by atoms with E-state index in [1.807, 2.05) is 12.1 Å². The first-order chi connectivity index (χ1) is 12.0. The lowest BCUT2D eigenvalue weighted by molar-refractivity contribution is 0.102. The fourth-order valence-electron chi connectivity index (χ4n) is 3.21. The van der Waals surface area contributed by atoms with Gasteiger partial charge in [0.2, 0.25) is 0 Å². The maximum absolute atomic E-state index is 12.3. The van der Waals surface area contributed by atoms with Gasteiger partial charge in [0, 0.05) is 43.1 Å². The van der Waals surface area contributed by atoms with Gasteiger partial charge in [-0.25, -0.2) is 0 Å². The first-order valence-electron chi connectivity index (χ1n) is 8.84. The zero-order chi connectivity index (χ0) is 17.8. The van der Waals surface area contributed by atoms with Crippen molar-refractivity contribution in [3.63, 3.8) is 0 Å². The minimum atomic E-state index is -0.268. The molecule has 1 atom stereocenters. The third-order valence-electron chi connectivity index (χ3n) is 4.90. The molecule has 2 aromatic rings. The number of amides is 1. The first-order valence-corrected chi connectivity index (χ1v) is 8.84. The Morgan fingerprint density at radius 3 is 2.64 bits per heavy atom. The van der Waals surface area contributed by atoms with Crippen molar-refractivity contribution >= 4 is 11.6 Å². The van der Waals surface area contributed by atoms with E-state index in [4.69, 9.17) is 0 Å². The molecule has 1 aliphatic heterocycles. The molecule has 1 aromatic heterocycles. The Bertz CT molecular complexity index is 795. The van der Waals surface area contributed by atoms with Crippen molar-refractivity contribution < 1.29 is 4.79 Å². The molecule has 5 heteroatoms. The second-order valence-electron chi connectivity index (χ2n) is 6.83. The summed E-state index contributed by atoms with van der Waals surface area (Å²) in [5.41, 5.74) is 2.16. The van der Waals surface area contributed by atoms with Crippen LogP contribution < -0.4 is 10.9 Å². The average Bonchev–Trinajstić information content (AvgIpc) is 2.61. The van der Waals surface area contributed by atoms with Crippen LogP contribution in [0.5, 0.6) is 0 Å². The number of likely N-dealkylation sites (tertiary alicyclic amines) is 1. The molecule has 1 aliphatic rings.